The van der Waals surface area contributed by atoms with E-state index in [4.69, 9.17) is 4.74 Å². The van der Waals surface area contributed by atoms with Gasteiger partial charge in [0, 0.05) is 12.1 Å². The van der Waals surface area contributed by atoms with E-state index < -0.39 is 0 Å². The minimum absolute atomic E-state index is 0.00450. The molecule has 2 aliphatic rings. The third kappa shape index (κ3) is 7.94. The highest BCUT2D eigenvalue weighted by Crippen LogP contribution is 2.40. The van der Waals surface area contributed by atoms with E-state index in [0.717, 1.165) is 68.2 Å². The highest BCUT2D eigenvalue weighted by Gasteiger charge is 2.35. The Kier molecular flexibility index (Phi) is 10.4. The Bertz CT molecular complexity index is 1020. The lowest BCUT2D eigenvalue weighted by atomic mass is 9.74. The fourth-order valence-corrected chi connectivity index (χ4v) is 6.89. The minimum atomic E-state index is -0.00450. The molecule has 2 fully saturated rings. The number of carbonyl (C=O) groups is 2. The molecule has 2 aliphatic carbocycles. The number of hydrogen-bond acceptors (Lipinski definition) is 3. The van der Waals surface area contributed by atoms with Crippen LogP contribution < -0.4 is 5.32 Å². The zero-order valence-electron chi connectivity index (χ0n) is 23.7. The quantitative estimate of drug-likeness (QED) is 0.269. The fraction of sp³-hybridized carbons (Fsp3) is 0.588. The number of esters is 1. The molecule has 4 atom stereocenters. The minimum Gasteiger partial charge on any atom is -0.462 e. The smallest absolute Gasteiger partial charge is 0.309 e. The summed E-state index contributed by atoms with van der Waals surface area (Å²) < 4.78 is 5.99. The number of amides is 1. The average molecular weight is 518 g/mol. The van der Waals surface area contributed by atoms with Crippen LogP contribution in [0.1, 0.15) is 94.2 Å². The first-order chi connectivity index (χ1) is 18.4. The summed E-state index contributed by atoms with van der Waals surface area (Å²) in [5, 5.41) is 3.24. The SMILES string of the molecule is Cc1cccc(C)c1NC(=O)CC(CCc1ccccc1)C1CCCC(C(=O)OC2CCCCC2)CC1C. The van der Waals surface area contributed by atoms with Gasteiger partial charge >= 0.3 is 5.97 Å². The summed E-state index contributed by atoms with van der Waals surface area (Å²) in [6.45, 7) is 6.40. The second-order valence-electron chi connectivity index (χ2n) is 12.0. The first kappa shape index (κ1) is 28.4. The summed E-state index contributed by atoms with van der Waals surface area (Å²) in [7, 11) is 0. The van der Waals surface area contributed by atoms with Crippen molar-refractivity contribution >= 4 is 17.6 Å². The van der Waals surface area contributed by atoms with Crippen LogP contribution in [0.2, 0.25) is 0 Å². The van der Waals surface area contributed by atoms with Crippen LogP contribution in [0.4, 0.5) is 5.69 Å². The van der Waals surface area contributed by atoms with E-state index in [-0.39, 0.29) is 29.8 Å². The number of benzene rings is 2. The number of carbonyl (C=O) groups excluding carboxylic acids is 2. The topological polar surface area (TPSA) is 55.4 Å². The van der Waals surface area contributed by atoms with E-state index >= 15 is 0 Å². The van der Waals surface area contributed by atoms with Crippen molar-refractivity contribution in [1.82, 2.24) is 0 Å². The largest absolute Gasteiger partial charge is 0.462 e. The van der Waals surface area contributed by atoms with Gasteiger partial charge < -0.3 is 10.1 Å². The van der Waals surface area contributed by atoms with Gasteiger partial charge in [0.15, 0.2) is 0 Å². The number of rotatable bonds is 9. The van der Waals surface area contributed by atoms with Gasteiger partial charge in [0.05, 0.1) is 5.92 Å². The van der Waals surface area contributed by atoms with E-state index in [1.807, 2.05) is 6.07 Å². The molecular formula is C34H47NO3. The van der Waals surface area contributed by atoms with Crippen molar-refractivity contribution in [3.05, 3.63) is 65.2 Å². The second kappa shape index (κ2) is 14.0. The Hall–Kier alpha value is -2.62. The third-order valence-corrected chi connectivity index (χ3v) is 9.09. The van der Waals surface area contributed by atoms with E-state index in [9.17, 15) is 9.59 Å². The van der Waals surface area contributed by atoms with Crippen LogP contribution >= 0.6 is 0 Å². The van der Waals surface area contributed by atoms with Gasteiger partial charge in [-0.25, -0.2) is 0 Å². The maximum Gasteiger partial charge on any atom is 0.309 e. The van der Waals surface area contributed by atoms with Crippen molar-refractivity contribution in [3.63, 3.8) is 0 Å². The van der Waals surface area contributed by atoms with Gasteiger partial charge in [-0.1, -0.05) is 68.3 Å². The third-order valence-electron chi connectivity index (χ3n) is 9.09. The Morgan fingerprint density at radius 1 is 0.895 bits per heavy atom. The maximum absolute atomic E-state index is 13.4. The molecule has 4 rings (SSSR count). The van der Waals surface area contributed by atoms with Crippen molar-refractivity contribution in [3.8, 4) is 0 Å². The lowest BCUT2D eigenvalue weighted by Gasteiger charge is -2.31. The van der Waals surface area contributed by atoms with Crippen molar-refractivity contribution in [2.24, 2.45) is 23.7 Å². The van der Waals surface area contributed by atoms with Gasteiger partial charge in [-0.2, -0.15) is 0 Å². The predicted octanol–water partition coefficient (Wildman–Crippen LogP) is 8.20. The molecule has 4 nitrogen and oxygen atoms in total. The predicted molar refractivity (Wildman–Crippen MR) is 155 cm³/mol. The Balaban J connectivity index is 1.43. The van der Waals surface area contributed by atoms with E-state index in [2.05, 4.69) is 68.6 Å². The van der Waals surface area contributed by atoms with Crippen molar-refractivity contribution < 1.29 is 14.3 Å². The molecule has 0 aliphatic heterocycles. The molecule has 4 heteroatoms. The fourth-order valence-electron chi connectivity index (χ4n) is 6.89. The molecule has 0 heterocycles. The molecule has 206 valence electrons. The van der Waals surface area contributed by atoms with Crippen LogP contribution in [-0.2, 0) is 20.7 Å². The molecule has 0 aromatic heterocycles. The maximum atomic E-state index is 13.4. The zero-order valence-corrected chi connectivity index (χ0v) is 23.7. The lowest BCUT2D eigenvalue weighted by molar-refractivity contribution is -0.156. The van der Waals surface area contributed by atoms with Crippen molar-refractivity contribution in [2.75, 3.05) is 5.32 Å². The Morgan fingerprint density at radius 2 is 1.61 bits per heavy atom. The first-order valence-electron chi connectivity index (χ1n) is 15.0. The highest BCUT2D eigenvalue weighted by molar-refractivity contribution is 5.92. The van der Waals surface area contributed by atoms with Crippen molar-refractivity contribution in [1.29, 1.82) is 0 Å². The highest BCUT2D eigenvalue weighted by atomic mass is 16.5. The summed E-state index contributed by atoms with van der Waals surface area (Å²) in [6, 6.07) is 16.7. The molecule has 0 spiro atoms. The van der Waals surface area contributed by atoms with Crippen LogP contribution in [-0.4, -0.2) is 18.0 Å². The van der Waals surface area contributed by atoms with Crippen LogP contribution in [0.3, 0.4) is 0 Å². The van der Waals surface area contributed by atoms with Crippen molar-refractivity contribution in [2.45, 2.75) is 104 Å². The second-order valence-corrected chi connectivity index (χ2v) is 12.0. The Morgan fingerprint density at radius 3 is 2.32 bits per heavy atom. The molecule has 2 saturated carbocycles. The van der Waals surface area contributed by atoms with E-state index in [1.165, 1.54) is 24.8 Å². The molecule has 0 saturated heterocycles. The molecule has 2 aromatic carbocycles. The summed E-state index contributed by atoms with van der Waals surface area (Å²) in [6.07, 6.45) is 12.1. The van der Waals surface area contributed by atoms with E-state index in [1.54, 1.807) is 0 Å². The summed E-state index contributed by atoms with van der Waals surface area (Å²) >= 11 is 0. The molecule has 1 amide bonds. The average Bonchev–Trinajstić information content (AvgIpc) is 3.11. The molecule has 4 unspecified atom stereocenters. The molecule has 38 heavy (non-hydrogen) atoms. The van der Waals surface area contributed by atoms with Gasteiger partial charge in [0.25, 0.3) is 0 Å². The first-order valence-corrected chi connectivity index (χ1v) is 15.0. The number of nitrogens with one attached hydrogen (secondary N) is 1. The zero-order chi connectivity index (χ0) is 26.9. The number of anilines is 1. The number of para-hydroxylation sites is 1. The number of aryl methyl sites for hydroxylation is 3. The Labute approximate surface area is 229 Å². The van der Waals surface area contributed by atoms with Gasteiger partial charge in [0.2, 0.25) is 5.91 Å². The summed E-state index contributed by atoms with van der Waals surface area (Å²) in [4.78, 5) is 26.5. The normalized spacial score (nSPS) is 23.3. The lowest BCUT2D eigenvalue weighted by Crippen LogP contribution is -2.29. The van der Waals surface area contributed by atoms with E-state index in [0.29, 0.717) is 18.3 Å². The summed E-state index contributed by atoms with van der Waals surface area (Å²) in [5.74, 6) is 1.21. The monoisotopic (exact) mass is 517 g/mol. The standard InChI is InChI=1S/C34H47NO3/c1-24-12-10-13-25(2)33(24)35-32(36)23-28(21-20-27-14-6-4-7-15-27)31-19-11-16-29(22-26(31)3)34(37)38-30-17-8-5-9-18-30/h4,6-7,10,12-15,26,28-31H,5,8-9,11,16-23H2,1-3H3,(H,35,36). The number of ether oxygens (including phenoxy) is 1. The van der Waals surface area contributed by atoms with Gasteiger partial charge in [0.1, 0.15) is 6.10 Å². The van der Waals surface area contributed by atoms with Crippen LogP contribution in [0.15, 0.2) is 48.5 Å². The number of hydrogen-bond donors (Lipinski definition) is 1. The van der Waals surface area contributed by atoms with Crippen LogP contribution in [0, 0.1) is 37.5 Å². The molecule has 0 radical (unpaired) electrons. The molecule has 0 bridgehead atoms. The molecular weight excluding hydrogens is 470 g/mol. The van der Waals surface area contributed by atoms with Crippen LogP contribution in [0.5, 0.6) is 0 Å². The van der Waals surface area contributed by atoms with Gasteiger partial charge in [-0.15, -0.1) is 0 Å². The van der Waals surface area contributed by atoms with Gasteiger partial charge in [-0.3, -0.25) is 9.59 Å². The summed E-state index contributed by atoms with van der Waals surface area (Å²) in [5.41, 5.74) is 4.46. The molecule has 1 N–H and O–H groups in total. The molecule has 2 aromatic rings. The van der Waals surface area contributed by atoms with Crippen LogP contribution in [0.25, 0.3) is 0 Å². The van der Waals surface area contributed by atoms with Gasteiger partial charge in [-0.05, 0) is 106 Å².